The average molecular weight is 523 g/mol. The third-order valence-electron chi connectivity index (χ3n) is 6.89. The average Bonchev–Trinajstić information content (AvgIpc) is 2.87. The summed E-state index contributed by atoms with van der Waals surface area (Å²) in [4.78, 5) is 37.3. The molecular formula is C29H27ClO7. The van der Waals surface area contributed by atoms with Gasteiger partial charge in [-0.25, -0.2) is 4.79 Å². The molecule has 2 aromatic rings. The molecule has 0 saturated carbocycles. The Hall–Kier alpha value is -3.58. The summed E-state index contributed by atoms with van der Waals surface area (Å²) in [6.07, 6.45) is 3.62. The fourth-order valence-electron chi connectivity index (χ4n) is 5.21. The van der Waals surface area contributed by atoms with Gasteiger partial charge in [0, 0.05) is 42.7 Å². The van der Waals surface area contributed by atoms with Gasteiger partial charge in [0.25, 0.3) is 0 Å². The molecule has 0 atom stereocenters. The molecule has 0 saturated heterocycles. The maximum absolute atomic E-state index is 13.1. The molecule has 1 aliphatic heterocycles. The minimum Gasteiger partial charge on any atom is -0.490 e. The number of carboxylic acid groups (broad SMARTS) is 1. The third kappa shape index (κ3) is 4.88. The number of rotatable bonds is 7. The summed E-state index contributed by atoms with van der Waals surface area (Å²) < 4.78 is 18.0. The molecule has 192 valence electrons. The van der Waals surface area contributed by atoms with Crippen molar-refractivity contribution < 1.29 is 33.7 Å². The minimum atomic E-state index is -0.998. The van der Waals surface area contributed by atoms with Crippen LogP contribution in [0.5, 0.6) is 11.5 Å². The van der Waals surface area contributed by atoms with Gasteiger partial charge < -0.3 is 19.3 Å². The van der Waals surface area contributed by atoms with Crippen LogP contribution in [0.25, 0.3) is 0 Å². The van der Waals surface area contributed by atoms with Gasteiger partial charge in [-0.05, 0) is 55.2 Å². The topological polar surface area (TPSA) is 99.1 Å². The van der Waals surface area contributed by atoms with Crippen molar-refractivity contribution in [3.8, 4) is 11.5 Å². The molecule has 0 unspecified atom stereocenters. The number of carbonyl (C=O) groups is 3. The zero-order valence-corrected chi connectivity index (χ0v) is 21.2. The van der Waals surface area contributed by atoms with Gasteiger partial charge in [-0.15, -0.1) is 0 Å². The number of aromatic carboxylic acids is 1. The van der Waals surface area contributed by atoms with Crippen molar-refractivity contribution in [2.75, 3.05) is 6.61 Å². The maximum Gasteiger partial charge on any atom is 0.335 e. The number of carboxylic acids is 1. The fraction of sp³-hybridized carbons (Fsp3) is 0.345. The predicted octanol–water partition coefficient (Wildman–Crippen LogP) is 6.14. The summed E-state index contributed by atoms with van der Waals surface area (Å²) in [5, 5.41) is 9.40. The summed E-state index contributed by atoms with van der Waals surface area (Å²) in [5.41, 5.74) is 2.74. The molecule has 0 bridgehead atoms. The van der Waals surface area contributed by atoms with Gasteiger partial charge in [0.05, 0.1) is 17.2 Å². The lowest BCUT2D eigenvalue weighted by Gasteiger charge is -2.36. The number of hydrogen-bond acceptors (Lipinski definition) is 6. The SMILES string of the molecule is CCOc1cc(C2C3=C(CCCC3=O)OC3=C2C(=O)CCC3)cc(Cl)c1OCc1ccc(C(=O)O)cc1. The summed E-state index contributed by atoms with van der Waals surface area (Å²) in [6, 6.07) is 9.92. The van der Waals surface area contributed by atoms with E-state index in [0.29, 0.717) is 77.0 Å². The number of ketones is 2. The molecule has 0 radical (unpaired) electrons. The summed E-state index contributed by atoms with van der Waals surface area (Å²) in [5.74, 6) is 0.522. The zero-order chi connectivity index (χ0) is 26.1. The Morgan fingerprint density at radius 3 is 2.16 bits per heavy atom. The number of Topliss-reactive ketones (excluding diaryl/α,β-unsaturated/α-hetero) is 2. The standard InChI is InChI=1S/C29H27ClO7/c1-2-35-24-14-18(13-19(30)28(24)36-15-16-9-11-17(12-10-16)29(33)34)25-26-20(31)5-3-7-22(26)37-23-8-4-6-21(32)27(23)25/h9-14,25H,2-8,15H2,1H3,(H,33,34). The lowest BCUT2D eigenvalue weighted by molar-refractivity contribution is -0.117. The molecule has 0 spiro atoms. The lowest BCUT2D eigenvalue weighted by atomic mass is 9.73. The molecule has 0 amide bonds. The van der Waals surface area contributed by atoms with Gasteiger partial charge in [0.1, 0.15) is 18.1 Å². The first-order valence-electron chi connectivity index (χ1n) is 12.5. The third-order valence-corrected chi connectivity index (χ3v) is 7.17. The second kappa shape index (κ2) is 10.4. The van der Waals surface area contributed by atoms with Crippen molar-refractivity contribution in [3.05, 3.63) is 80.8 Å². The van der Waals surface area contributed by atoms with Crippen molar-refractivity contribution in [3.63, 3.8) is 0 Å². The molecule has 0 fully saturated rings. The summed E-state index contributed by atoms with van der Waals surface area (Å²) in [7, 11) is 0. The van der Waals surface area contributed by atoms with Crippen LogP contribution in [-0.2, 0) is 20.9 Å². The van der Waals surface area contributed by atoms with Crippen molar-refractivity contribution in [2.24, 2.45) is 0 Å². The van der Waals surface area contributed by atoms with Gasteiger partial charge >= 0.3 is 5.97 Å². The van der Waals surface area contributed by atoms with E-state index in [4.69, 9.17) is 30.9 Å². The molecule has 2 aromatic carbocycles. The van der Waals surface area contributed by atoms with Crippen molar-refractivity contribution in [1.82, 2.24) is 0 Å². The second-order valence-corrected chi connectivity index (χ2v) is 9.72. The Balaban J connectivity index is 1.52. The van der Waals surface area contributed by atoms with Gasteiger partial charge in [-0.1, -0.05) is 23.7 Å². The molecule has 8 heteroatoms. The normalized spacial score (nSPS) is 17.8. The van der Waals surface area contributed by atoms with Crippen LogP contribution in [-0.4, -0.2) is 29.2 Å². The highest BCUT2D eigenvalue weighted by Gasteiger charge is 2.42. The van der Waals surface area contributed by atoms with Crippen LogP contribution in [0, 0.1) is 0 Å². The monoisotopic (exact) mass is 522 g/mol. The van der Waals surface area contributed by atoms with E-state index < -0.39 is 11.9 Å². The Labute approximate surface area is 219 Å². The van der Waals surface area contributed by atoms with Crippen LogP contribution >= 0.6 is 11.6 Å². The van der Waals surface area contributed by atoms with Crippen LogP contribution in [0.2, 0.25) is 5.02 Å². The predicted molar refractivity (Wildman–Crippen MR) is 136 cm³/mol. The van der Waals surface area contributed by atoms with Crippen LogP contribution in [0.15, 0.2) is 59.1 Å². The van der Waals surface area contributed by atoms with Crippen molar-refractivity contribution in [2.45, 2.75) is 58.0 Å². The van der Waals surface area contributed by atoms with E-state index >= 15 is 0 Å². The Kier molecular flexibility index (Phi) is 7.07. The minimum absolute atomic E-state index is 0.00427. The first kappa shape index (κ1) is 25.1. The Morgan fingerprint density at radius 2 is 1.59 bits per heavy atom. The largest absolute Gasteiger partial charge is 0.490 e. The quantitative estimate of drug-likeness (QED) is 0.466. The smallest absolute Gasteiger partial charge is 0.335 e. The molecule has 0 aromatic heterocycles. The fourth-order valence-corrected chi connectivity index (χ4v) is 5.48. The number of benzene rings is 2. The first-order valence-corrected chi connectivity index (χ1v) is 12.9. The molecule has 37 heavy (non-hydrogen) atoms. The van der Waals surface area contributed by atoms with Gasteiger partial charge in [-0.3, -0.25) is 9.59 Å². The van der Waals surface area contributed by atoms with E-state index in [2.05, 4.69) is 0 Å². The van der Waals surface area contributed by atoms with Crippen LogP contribution in [0.1, 0.15) is 72.9 Å². The van der Waals surface area contributed by atoms with E-state index in [1.54, 1.807) is 24.3 Å². The summed E-state index contributed by atoms with van der Waals surface area (Å²) in [6.45, 7) is 2.36. The maximum atomic E-state index is 13.1. The van der Waals surface area contributed by atoms with E-state index in [1.807, 2.05) is 6.92 Å². The second-order valence-electron chi connectivity index (χ2n) is 9.32. The number of allylic oxidation sites excluding steroid dienone is 4. The Bertz CT molecular complexity index is 1290. The number of halogens is 1. The highest BCUT2D eigenvalue weighted by atomic mass is 35.5. The molecule has 1 N–H and O–H groups in total. The van der Waals surface area contributed by atoms with Crippen molar-refractivity contribution >= 4 is 29.1 Å². The van der Waals surface area contributed by atoms with E-state index in [0.717, 1.165) is 18.4 Å². The van der Waals surface area contributed by atoms with E-state index in [1.165, 1.54) is 12.1 Å². The molecule has 5 rings (SSSR count). The number of ether oxygens (including phenoxy) is 3. The van der Waals surface area contributed by atoms with E-state index in [9.17, 15) is 14.4 Å². The highest BCUT2D eigenvalue weighted by molar-refractivity contribution is 6.32. The summed E-state index contributed by atoms with van der Waals surface area (Å²) >= 11 is 6.73. The number of carbonyl (C=O) groups excluding carboxylic acids is 2. The molecule has 2 aliphatic carbocycles. The Morgan fingerprint density at radius 1 is 0.973 bits per heavy atom. The van der Waals surface area contributed by atoms with Gasteiger partial charge in [0.2, 0.25) is 0 Å². The zero-order valence-electron chi connectivity index (χ0n) is 20.5. The molecular weight excluding hydrogens is 496 g/mol. The highest BCUT2D eigenvalue weighted by Crippen LogP contribution is 2.50. The van der Waals surface area contributed by atoms with E-state index in [-0.39, 0.29) is 23.7 Å². The first-order chi connectivity index (χ1) is 17.9. The van der Waals surface area contributed by atoms with Gasteiger partial charge in [0.15, 0.2) is 23.1 Å². The van der Waals surface area contributed by atoms with Gasteiger partial charge in [-0.2, -0.15) is 0 Å². The lowest BCUT2D eigenvalue weighted by Crippen LogP contribution is -2.30. The molecule has 1 heterocycles. The molecule has 7 nitrogen and oxygen atoms in total. The van der Waals surface area contributed by atoms with Crippen LogP contribution < -0.4 is 9.47 Å². The van der Waals surface area contributed by atoms with Crippen LogP contribution in [0.4, 0.5) is 0 Å². The number of hydrogen-bond donors (Lipinski definition) is 1. The van der Waals surface area contributed by atoms with Crippen molar-refractivity contribution in [1.29, 1.82) is 0 Å². The van der Waals surface area contributed by atoms with Crippen LogP contribution in [0.3, 0.4) is 0 Å². The molecule has 3 aliphatic rings.